The Morgan fingerprint density at radius 1 is 1.43 bits per heavy atom. The van der Waals surface area contributed by atoms with E-state index < -0.39 is 4.92 Å². The second-order valence-corrected chi connectivity index (χ2v) is 5.62. The van der Waals surface area contributed by atoms with Crippen LogP contribution in [0.1, 0.15) is 25.8 Å². The number of hydrogen-bond donors (Lipinski definition) is 1. The topological polar surface area (TPSA) is 89.5 Å². The zero-order valence-corrected chi connectivity index (χ0v) is 12.8. The molecule has 0 heterocycles. The highest BCUT2D eigenvalue weighted by Crippen LogP contribution is 2.14. The van der Waals surface area contributed by atoms with E-state index in [1.54, 1.807) is 24.1 Å². The average Bonchev–Trinajstić information content (AvgIpc) is 2.44. The van der Waals surface area contributed by atoms with Crippen LogP contribution in [0.5, 0.6) is 0 Å². The molecule has 6 heteroatoms. The number of benzene rings is 1. The van der Waals surface area contributed by atoms with E-state index >= 15 is 0 Å². The summed E-state index contributed by atoms with van der Waals surface area (Å²) in [4.78, 5) is 24.0. The third-order valence-corrected chi connectivity index (χ3v) is 3.56. The first-order valence-corrected chi connectivity index (χ1v) is 7.04. The molecule has 1 rings (SSSR count). The largest absolute Gasteiger partial charge is 0.345 e. The molecule has 0 saturated heterocycles. The van der Waals surface area contributed by atoms with Crippen LogP contribution in [0.2, 0.25) is 0 Å². The molecule has 0 aromatic heterocycles. The highest BCUT2D eigenvalue weighted by atomic mass is 16.6. The highest BCUT2D eigenvalue weighted by Gasteiger charge is 2.14. The third-order valence-electron chi connectivity index (χ3n) is 3.56. The fourth-order valence-corrected chi connectivity index (χ4v) is 1.89. The zero-order valence-electron chi connectivity index (χ0n) is 12.8. The highest BCUT2D eigenvalue weighted by molar-refractivity contribution is 5.78. The van der Waals surface area contributed by atoms with E-state index in [9.17, 15) is 14.9 Å². The monoisotopic (exact) mass is 293 g/mol. The van der Waals surface area contributed by atoms with Crippen LogP contribution in [0.25, 0.3) is 0 Å². The number of amides is 1. The molecule has 0 saturated carbocycles. The van der Waals surface area contributed by atoms with Crippen molar-refractivity contribution in [3.63, 3.8) is 0 Å². The van der Waals surface area contributed by atoms with E-state index in [0.717, 1.165) is 6.42 Å². The maximum absolute atomic E-state index is 12.1. The lowest BCUT2D eigenvalue weighted by Crippen LogP contribution is -2.35. The molecule has 0 aliphatic rings. The smallest absolute Gasteiger partial charge is 0.269 e. The van der Waals surface area contributed by atoms with E-state index in [2.05, 4.69) is 13.8 Å². The molecule has 2 N–H and O–H groups in total. The van der Waals surface area contributed by atoms with Gasteiger partial charge < -0.3 is 10.6 Å². The van der Waals surface area contributed by atoms with Crippen molar-refractivity contribution < 1.29 is 9.72 Å². The molecule has 0 fully saturated rings. The Hall–Kier alpha value is -1.95. The minimum atomic E-state index is -0.459. The van der Waals surface area contributed by atoms with Crippen molar-refractivity contribution in [3.8, 4) is 0 Å². The van der Waals surface area contributed by atoms with Gasteiger partial charge in [0.05, 0.1) is 11.3 Å². The van der Waals surface area contributed by atoms with Crippen LogP contribution in [0.15, 0.2) is 24.3 Å². The third kappa shape index (κ3) is 5.51. The van der Waals surface area contributed by atoms with Gasteiger partial charge in [-0.1, -0.05) is 26.0 Å². The molecule has 6 nitrogen and oxygen atoms in total. The predicted molar refractivity (Wildman–Crippen MR) is 81.9 cm³/mol. The Kier molecular flexibility index (Phi) is 6.30. The summed E-state index contributed by atoms with van der Waals surface area (Å²) in [6.07, 6.45) is 0.907. The molecular formula is C15H23N3O3. The van der Waals surface area contributed by atoms with Crippen molar-refractivity contribution in [2.24, 2.45) is 11.7 Å². The number of hydrogen-bond acceptors (Lipinski definition) is 4. The van der Waals surface area contributed by atoms with Gasteiger partial charge in [-0.05, 0) is 17.9 Å². The number of nitrogens with zero attached hydrogens (tertiary/aromatic N) is 2. The van der Waals surface area contributed by atoms with E-state index in [1.165, 1.54) is 12.1 Å². The van der Waals surface area contributed by atoms with Crippen LogP contribution in [0.4, 0.5) is 5.69 Å². The van der Waals surface area contributed by atoms with Crippen molar-refractivity contribution in [2.45, 2.75) is 32.7 Å². The summed E-state index contributed by atoms with van der Waals surface area (Å²) in [5, 5.41) is 10.7. The quantitative estimate of drug-likeness (QED) is 0.614. The Bertz CT molecular complexity index is 503. The SMILES string of the molecule is CC(C)C(N)CCN(C)C(=O)Cc1cccc([N+](=O)[O-])c1. The van der Waals surface area contributed by atoms with Gasteiger partial charge in [0, 0.05) is 31.8 Å². The number of rotatable bonds is 7. The van der Waals surface area contributed by atoms with Crippen molar-refractivity contribution in [1.82, 2.24) is 4.90 Å². The summed E-state index contributed by atoms with van der Waals surface area (Å²) in [5.41, 5.74) is 6.61. The van der Waals surface area contributed by atoms with Crippen LogP contribution in [0, 0.1) is 16.0 Å². The van der Waals surface area contributed by atoms with Gasteiger partial charge in [-0.25, -0.2) is 0 Å². The van der Waals surface area contributed by atoms with Gasteiger partial charge >= 0.3 is 0 Å². The Balaban J connectivity index is 2.56. The number of likely N-dealkylation sites (N-methyl/N-ethyl adjacent to an activating group) is 1. The van der Waals surface area contributed by atoms with Gasteiger partial charge in [0.2, 0.25) is 5.91 Å². The summed E-state index contributed by atoms with van der Waals surface area (Å²) in [7, 11) is 1.73. The molecule has 1 unspecified atom stereocenters. The molecule has 0 aliphatic carbocycles. The van der Waals surface area contributed by atoms with Crippen LogP contribution >= 0.6 is 0 Å². The lowest BCUT2D eigenvalue weighted by molar-refractivity contribution is -0.384. The van der Waals surface area contributed by atoms with Crippen LogP contribution < -0.4 is 5.73 Å². The number of carbonyl (C=O) groups excluding carboxylic acids is 1. The molecule has 1 amide bonds. The number of non-ortho nitro benzene ring substituents is 1. The standard InChI is InChI=1S/C15H23N3O3/c1-11(2)14(16)7-8-17(3)15(19)10-12-5-4-6-13(9-12)18(20)21/h4-6,9,11,14H,7-8,10,16H2,1-3H3. The molecular weight excluding hydrogens is 270 g/mol. The van der Waals surface area contributed by atoms with Crippen molar-refractivity contribution >= 4 is 11.6 Å². The fourth-order valence-electron chi connectivity index (χ4n) is 1.89. The minimum absolute atomic E-state index is 0.00443. The predicted octanol–water partition coefficient (Wildman–Crippen LogP) is 1.97. The van der Waals surface area contributed by atoms with E-state index in [-0.39, 0.29) is 24.1 Å². The summed E-state index contributed by atoms with van der Waals surface area (Å²) in [6.45, 7) is 4.69. The van der Waals surface area contributed by atoms with Crippen molar-refractivity contribution in [2.75, 3.05) is 13.6 Å². The zero-order chi connectivity index (χ0) is 16.0. The molecule has 1 atom stereocenters. The number of nitro groups is 1. The summed E-state index contributed by atoms with van der Waals surface area (Å²) >= 11 is 0. The lowest BCUT2D eigenvalue weighted by atomic mass is 10.0. The summed E-state index contributed by atoms with van der Waals surface area (Å²) in [5.74, 6) is 0.316. The van der Waals surface area contributed by atoms with Gasteiger partial charge in [0.1, 0.15) is 0 Å². The molecule has 116 valence electrons. The molecule has 1 aromatic carbocycles. The van der Waals surface area contributed by atoms with Gasteiger partial charge in [-0.2, -0.15) is 0 Å². The lowest BCUT2D eigenvalue weighted by Gasteiger charge is -2.21. The van der Waals surface area contributed by atoms with E-state index in [1.807, 2.05) is 0 Å². The molecule has 1 aromatic rings. The summed E-state index contributed by atoms with van der Waals surface area (Å²) in [6, 6.07) is 6.23. The average molecular weight is 293 g/mol. The molecule has 0 spiro atoms. The maximum atomic E-state index is 12.1. The van der Waals surface area contributed by atoms with E-state index in [4.69, 9.17) is 5.73 Å². The molecule has 0 aliphatic heterocycles. The minimum Gasteiger partial charge on any atom is -0.345 e. The molecule has 0 bridgehead atoms. The Labute approximate surface area is 125 Å². The normalized spacial score (nSPS) is 12.2. The molecule has 21 heavy (non-hydrogen) atoms. The van der Waals surface area contributed by atoms with Crippen LogP contribution in [-0.2, 0) is 11.2 Å². The van der Waals surface area contributed by atoms with Gasteiger partial charge in [-0.15, -0.1) is 0 Å². The maximum Gasteiger partial charge on any atom is 0.269 e. The van der Waals surface area contributed by atoms with Crippen LogP contribution in [0.3, 0.4) is 0 Å². The Morgan fingerprint density at radius 3 is 2.67 bits per heavy atom. The first-order valence-electron chi connectivity index (χ1n) is 7.04. The second-order valence-electron chi connectivity index (χ2n) is 5.62. The van der Waals surface area contributed by atoms with Gasteiger partial charge in [0.25, 0.3) is 5.69 Å². The van der Waals surface area contributed by atoms with Gasteiger partial charge in [0.15, 0.2) is 0 Å². The number of carbonyl (C=O) groups is 1. The Morgan fingerprint density at radius 2 is 2.10 bits per heavy atom. The number of nitro benzene ring substituents is 1. The fraction of sp³-hybridized carbons (Fsp3) is 0.533. The van der Waals surface area contributed by atoms with Gasteiger partial charge in [-0.3, -0.25) is 14.9 Å². The summed E-state index contributed by atoms with van der Waals surface area (Å²) < 4.78 is 0. The first kappa shape index (κ1) is 17.1. The first-order chi connectivity index (χ1) is 9.81. The molecule has 0 radical (unpaired) electrons. The van der Waals surface area contributed by atoms with Crippen LogP contribution in [-0.4, -0.2) is 35.4 Å². The number of nitrogens with two attached hydrogens (primary N) is 1. The van der Waals surface area contributed by atoms with E-state index in [0.29, 0.717) is 18.0 Å². The van der Waals surface area contributed by atoms with Crippen molar-refractivity contribution in [1.29, 1.82) is 0 Å². The second kappa shape index (κ2) is 7.73. The van der Waals surface area contributed by atoms with Crippen molar-refractivity contribution in [3.05, 3.63) is 39.9 Å².